The zero-order chi connectivity index (χ0) is 16.8. The molecular formula is C18H29ClN2O3. The number of nitrogens with zero attached hydrogens (tertiary/aromatic N) is 1. The van der Waals surface area contributed by atoms with E-state index in [9.17, 15) is 4.79 Å². The van der Waals surface area contributed by atoms with Crippen molar-refractivity contribution in [2.24, 2.45) is 11.8 Å². The Bertz CT molecular complexity index is 537. The van der Waals surface area contributed by atoms with E-state index in [1.807, 2.05) is 24.1 Å². The average molecular weight is 357 g/mol. The first-order chi connectivity index (χ1) is 11.0. The van der Waals surface area contributed by atoms with Crippen LogP contribution in [0.5, 0.6) is 11.5 Å². The molecule has 1 aliphatic heterocycles. The fourth-order valence-electron chi connectivity index (χ4n) is 2.83. The molecule has 0 saturated carbocycles. The molecule has 6 heteroatoms. The van der Waals surface area contributed by atoms with Crippen LogP contribution in [0.2, 0.25) is 0 Å². The molecule has 0 spiro atoms. The topological polar surface area (TPSA) is 50.8 Å². The van der Waals surface area contributed by atoms with Gasteiger partial charge in [0.15, 0.2) is 11.5 Å². The molecule has 1 amide bonds. The number of hydrogen-bond acceptors (Lipinski definition) is 4. The third-order valence-electron chi connectivity index (χ3n) is 4.05. The van der Waals surface area contributed by atoms with Crippen molar-refractivity contribution in [2.75, 3.05) is 40.4 Å². The third kappa shape index (κ3) is 5.28. The highest BCUT2D eigenvalue weighted by molar-refractivity contribution is 5.95. The molecule has 0 radical (unpaired) electrons. The molecule has 0 bridgehead atoms. The van der Waals surface area contributed by atoms with E-state index in [0.29, 0.717) is 35.5 Å². The van der Waals surface area contributed by atoms with Crippen molar-refractivity contribution in [3.8, 4) is 11.5 Å². The first kappa shape index (κ1) is 20.6. The van der Waals surface area contributed by atoms with Gasteiger partial charge in [-0.3, -0.25) is 4.79 Å². The molecular weight excluding hydrogens is 328 g/mol. The van der Waals surface area contributed by atoms with Crippen molar-refractivity contribution in [2.45, 2.75) is 20.3 Å². The van der Waals surface area contributed by atoms with E-state index in [-0.39, 0.29) is 18.3 Å². The van der Waals surface area contributed by atoms with E-state index < -0.39 is 0 Å². The number of benzene rings is 1. The van der Waals surface area contributed by atoms with Gasteiger partial charge in [0.1, 0.15) is 0 Å². The molecule has 1 fully saturated rings. The van der Waals surface area contributed by atoms with Gasteiger partial charge in [0.25, 0.3) is 5.91 Å². The van der Waals surface area contributed by atoms with Crippen LogP contribution in [0.25, 0.3) is 0 Å². The van der Waals surface area contributed by atoms with Crippen LogP contribution in [0.4, 0.5) is 0 Å². The number of methoxy groups -OCH3 is 1. The van der Waals surface area contributed by atoms with Gasteiger partial charge in [-0.15, -0.1) is 12.4 Å². The van der Waals surface area contributed by atoms with E-state index in [4.69, 9.17) is 9.47 Å². The fraction of sp³-hybridized carbons (Fsp3) is 0.611. The van der Waals surface area contributed by atoms with E-state index >= 15 is 0 Å². The van der Waals surface area contributed by atoms with Gasteiger partial charge in [0.05, 0.1) is 13.7 Å². The minimum Gasteiger partial charge on any atom is -0.493 e. The molecule has 1 unspecified atom stereocenters. The predicted molar refractivity (Wildman–Crippen MR) is 98.5 cm³/mol. The Balaban J connectivity index is 0.00000288. The number of halogens is 1. The maximum absolute atomic E-state index is 12.7. The van der Waals surface area contributed by atoms with Crippen LogP contribution in [-0.4, -0.2) is 51.2 Å². The fourth-order valence-corrected chi connectivity index (χ4v) is 2.83. The molecule has 0 aromatic heterocycles. The molecule has 1 aromatic carbocycles. The zero-order valence-electron chi connectivity index (χ0n) is 15.0. The minimum atomic E-state index is 0. The molecule has 0 aliphatic carbocycles. The van der Waals surface area contributed by atoms with Gasteiger partial charge < -0.3 is 19.7 Å². The second-order valence-corrected chi connectivity index (χ2v) is 6.53. The predicted octanol–water partition coefficient (Wildman–Crippen LogP) is 2.83. The molecule has 136 valence electrons. The van der Waals surface area contributed by atoms with Crippen LogP contribution >= 0.6 is 12.4 Å². The largest absolute Gasteiger partial charge is 0.493 e. The highest BCUT2D eigenvalue weighted by Gasteiger charge is 2.27. The molecule has 2 rings (SSSR count). The van der Waals surface area contributed by atoms with Crippen LogP contribution in [0.3, 0.4) is 0 Å². The molecule has 5 nitrogen and oxygen atoms in total. The van der Waals surface area contributed by atoms with E-state index in [1.165, 1.54) is 0 Å². The summed E-state index contributed by atoms with van der Waals surface area (Å²) >= 11 is 0. The lowest BCUT2D eigenvalue weighted by Gasteiger charge is -2.18. The Morgan fingerprint density at radius 1 is 1.38 bits per heavy atom. The first-order valence-electron chi connectivity index (χ1n) is 8.29. The summed E-state index contributed by atoms with van der Waals surface area (Å²) in [4.78, 5) is 14.6. The molecule has 1 heterocycles. The first-order valence-corrected chi connectivity index (χ1v) is 8.29. The Hall–Kier alpha value is -1.46. The summed E-state index contributed by atoms with van der Waals surface area (Å²) in [5.74, 6) is 2.35. The summed E-state index contributed by atoms with van der Waals surface area (Å²) in [6.07, 6.45) is 1.05. The smallest absolute Gasteiger partial charge is 0.254 e. The molecule has 1 atom stereocenters. The van der Waals surface area contributed by atoms with E-state index in [1.54, 1.807) is 13.2 Å². The Morgan fingerprint density at radius 3 is 2.75 bits per heavy atom. The number of ether oxygens (including phenoxy) is 2. The highest BCUT2D eigenvalue weighted by Crippen LogP contribution is 2.29. The maximum Gasteiger partial charge on any atom is 0.254 e. The zero-order valence-corrected chi connectivity index (χ0v) is 15.8. The lowest BCUT2D eigenvalue weighted by molar-refractivity contribution is 0.0786. The third-order valence-corrected chi connectivity index (χ3v) is 4.05. The normalized spacial score (nSPS) is 16.9. The molecule has 1 aromatic rings. The second kappa shape index (κ2) is 9.74. The average Bonchev–Trinajstić information content (AvgIpc) is 3.01. The Morgan fingerprint density at radius 2 is 2.12 bits per heavy atom. The number of carbonyl (C=O) groups is 1. The summed E-state index contributed by atoms with van der Waals surface area (Å²) in [6.45, 7) is 7.40. The summed E-state index contributed by atoms with van der Waals surface area (Å²) in [6, 6.07) is 5.44. The van der Waals surface area contributed by atoms with Crippen LogP contribution in [0.1, 0.15) is 30.6 Å². The van der Waals surface area contributed by atoms with Crippen molar-refractivity contribution >= 4 is 18.3 Å². The van der Waals surface area contributed by atoms with Gasteiger partial charge in [0, 0.05) is 18.7 Å². The van der Waals surface area contributed by atoms with Gasteiger partial charge in [-0.2, -0.15) is 0 Å². The second-order valence-electron chi connectivity index (χ2n) is 6.53. The van der Waals surface area contributed by atoms with Crippen LogP contribution < -0.4 is 14.8 Å². The lowest BCUT2D eigenvalue weighted by atomic mass is 10.1. The quantitative estimate of drug-likeness (QED) is 0.816. The standard InChI is InChI=1S/C18H28N2O3.ClH/c1-13(2)12-23-16-6-5-15(9-17(16)22-4)18(21)20-8-7-14(11-20)10-19-3;/h5-6,9,13-14,19H,7-8,10-12H2,1-4H3;1H. The lowest BCUT2D eigenvalue weighted by Crippen LogP contribution is -2.30. The number of rotatable bonds is 7. The van der Waals surface area contributed by atoms with E-state index in [2.05, 4.69) is 19.2 Å². The number of amides is 1. The summed E-state index contributed by atoms with van der Waals surface area (Å²) in [5.41, 5.74) is 0.656. The van der Waals surface area contributed by atoms with Crippen LogP contribution in [0, 0.1) is 11.8 Å². The van der Waals surface area contributed by atoms with Gasteiger partial charge in [-0.25, -0.2) is 0 Å². The summed E-state index contributed by atoms with van der Waals surface area (Å²) in [5, 5.41) is 3.18. The van der Waals surface area contributed by atoms with Crippen molar-refractivity contribution in [1.29, 1.82) is 0 Å². The Kier molecular flexibility index (Phi) is 8.36. The monoisotopic (exact) mass is 356 g/mol. The Labute approximate surface area is 151 Å². The van der Waals surface area contributed by atoms with Crippen LogP contribution in [0.15, 0.2) is 18.2 Å². The summed E-state index contributed by atoms with van der Waals surface area (Å²) in [7, 11) is 3.55. The van der Waals surface area contributed by atoms with Gasteiger partial charge in [-0.1, -0.05) is 13.8 Å². The molecule has 1 saturated heterocycles. The van der Waals surface area contributed by atoms with Gasteiger partial charge in [-0.05, 0) is 50.0 Å². The van der Waals surface area contributed by atoms with E-state index in [0.717, 1.165) is 26.1 Å². The molecule has 24 heavy (non-hydrogen) atoms. The number of hydrogen-bond donors (Lipinski definition) is 1. The number of nitrogens with one attached hydrogen (secondary N) is 1. The summed E-state index contributed by atoms with van der Waals surface area (Å²) < 4.78 is 11.1. The minimum absolute atomic E-state index is 0. The highest BCUT2D eigenvalue weighted by atomic mass is 35.5. The van der Waals surface area contributed by atoms with Gasteiger partial charge >= 0.3 is 0 Å². The molecule has 1 aliphatic rings. The van der Waals surface area contributed by atoms with Crippen molar-refractivity contribution in [3.63, 3.8) is 0 Å². The number of likely N-dealkylation sites (tertiary alicyclic amines) is 1. The van der Waals surface area contributed by atoms with Crippen LogP contribution in [-0.2, 0) is 0 Å². The SMILES string of the molecule is CNCC1CCN(C(=O)c2ccc(OCC(C)C)c(OC)c2)C1.Cl. The molecule has 1 N–H and O–H groups in total. The maximum atomic E-state index is 12.7. The van der Waals surface area contributed by atoms with Crippen molar-refractivity contribution in [1.82, 2.24) is 10.2 Å². The van der Waals surface area contributed by atoms with Crippen molar-refractivity contribution in [3.05, 3.63) is 23.8 Å². The van der Waals surface area contributed by atoms with Gasteiger partial charge in [0.2, 0.25) is 0 Å². The number of carbonyl (C=O) groups excluding carboxylic acids is 1. The van der Waals surface area contributed by atoms with Crippen molar-refractivity contribution < 1.29 is 14.3 Å².